The summed E-state index contributed by atoms with van der Waals surface area (Å²) in [6.07, 6.45) is -0.807. The predicted molar refractivity (Wildman–Crippen MR) is 139 cm³/mol. The maximum Gasteiger partial charge on any atom is 0.411 e. The number of nitrogens with one attached hydrogen (secondary N) is 1. The first-order valence-corrected chi connectivity index (χ1v) is 14.9. The minimum Gasteiger partial charge on any atom is -0.447 e. The number of ether oxygens (including phenoxy) is 1. The highest BCUT2D eigenvalue weighted by Gasteiger charge is 2.57. The van der Waals surface area contributed by atoms with E-state index >= 15 is 0 Å². The van der Waals surface area contributed by atoms with Crippen molar-refractivity contribution >= 4 is 20.3 Å². The molecular weight excluding hydrogens is 456 g/mol. The monoisotopic (exact) mass is 494 g/mol. The second-order valence-corrected chi connectivity index (χ2v) is 16.1. The SMILES string of the molecule is CC(C)[Si](O[C@@H](c1ccccc1)[C@H]1NC(=O)[C@@H]1N1C(=O)OC[C@@H]1c1ccccc1)(C(C)C)C(C)C. The molecule has 2 aliphatic rings. The zero-order valence-corrected chi connectivity index (χ0v) is 22.6. The first-order chi connectivity index (χ1) is 16.7. The number of hydrogen-bond acceptors (Lipinski definition) is 4. The molecule has 2 heterocycles. The Balaban J connectivity index is 1.74. The Hall–Kier alpha value is -2.64. The van der Waals surface area contributed by atoms with Gasteiger partial charge in [-0.1, -0.05) is 102 Å². The summed E-state index contributed by atoms with van der Waals surface area (Å²) in [6, 6.07) is 18.6. The molecule has 2 amide bonds. The lowest BCUT2D eigenvalue weighted by atomic mass is 9.87. The fourth-order valence-corrected chi connectivity index (χ4v) is 11.8. The first-order valence-electron chi connectivity index (χ1n) is 12.7. The molecule has 2 aromatic rings. The van der Waals surface area contributed by atoms with E-state index in [1.54, 1.807) is 4.90 Å². The molecule has 1 N–H and O–H groups in total. The second kappa shape index (κ2) is 10.2. The second-order valence-electron chi connectivity index (χ2n) is 10.7. The standard InChI is InChI=1S/C28H38N2O4Si/c1-18(2)35(19(3)4,20(5)6)34-26(22-15-11-8-12-16-22)24-25(27(31)29-24)30-23(17-33-28(30)32)21-13-9-7-10-14-21/h7-16,18-20,23-26H,17H2,1-6H3,(H,29,31)/t23-,24+,25-,26+/m1/s1. The third kappa shape index (κ3) is 4.52. The van der Waals surface area contributed by atoms with Crippen molar-refractivity contribution in [1.82, 2.24) is 10.2 Å². The number of amides is 2. The topological polar surface area (TPSA) is 67.9 Å². The Morgan fingerprint density at radius 1 is 0.886 bits per heavy atom. The van der Waals surface area contributed by atoms with Gasteiger partial charge < -0.3 is 14.5 Å². The van der Waals surface area contributed by atoms with Crippen molar-refractivity contribution in [3.63, 3.8) is 0 Å². The molecule has 0 unspecified atom stereocenters. The van der Waals surface area contributed by atoms with E-state index in [4.69, 9.17) is 9.16 Å². The lowest BCUT2D eigenvalue weighted by Gasteiger charge is -2.51. The van der Waals surface area contributed by atoms with Crippen LogP contribution in [0.2, 0.25) is 16.6 Å². The van der Waals surface area contributed by atoms with Gasteiger partial charge in [-0.2, -0.15) is 0 Å². The van der Waals surface area contributed by atoms with Gasteiger partial charge >= 0.3 is 6.09 Å². The number of hydrogen-bond donors (Lipinski definition) is 1. The van der Waals surface area contributed by atoms with E-state index in [0.717, 1.165) is 11.1 Å². The van der Waals surface area contributed by atoms with Gasteiger partial charge in [-0.3, -0.25) is 9.69 Å². The molecule has 2 aromatic carbocycles. The highest BCUT2D eigenvalue weighted by atomic mass is 28.4. The van der Waals surface area contributed by atoms with E-state index in [9.17, 15) is 9.59 Å². The first kappa shape index (κ1) is 25.4. The molecule has 0 spiro atoms. The van der Waals surface area contributed by atoms with Gasteiger partial charge in [-0.15, -0.1) is 0 Å². The van der Waals surface area contributed by atoms with Crippen LogP contribution in [-0.2, 0) is 14.0 Å². The predicted octanol–water partition coefficient (Wildman–Crippen LogP) is 5.98. The molecular formula is C28H38N2O4Si. The molecule has 35 heavy (non-hydrogen) atoms. The Kier molecular flexibility index (Phi) is 7.38. The minimum absolute atomic E-state index is 0.162. The highest BCUT2D eigenvalue weighted by molar-refractivity contribution is 6.77. The molecule has 2 aliphatic heterocycles. The van der Waals surface area contributed by atoms with Crippen LogP contribution in [0.15, 0.2) is 60.7 Å². The number of nitrogens with zero attached hydrogens (tertiary/aromatic N) is 1. The van der Waals surface area contributed by atoms with Crippen molar-refractivity contribution in [2.24, 2.45) is 0 Å². The van der Waals surface area contributed by atoms with Gasteiger partial charge in [0, 0.05) is 0 Å². The van der Waals surface area contributed by atoms with Crippen LogP contribution in [0.25, 0.3) is 0 Å². The lowest BCUT2D eigenvalue weighted by molar-refractivity contribution is -0.140. The quantitative estimate of drug-likeness (QED) is 0.344. The largest absolute Gasteiger partial charge is 0.447 e. The average Bonchev–Trinajstić information content (AvgIpc) is 3.19. The summed E-state index contributed by atoms with van der Waals surface area (Å²) in [6.45, 7) is 13.8. The lowest BCUT2D eigenvalue weighted by Crippen LogP contribution is -2.72. The molecule has 6 nitrogen and oxygen atoms in total. The van der Waals surface area contributed by atoms with Crippen LogP contribution < -0.4 is 5.32 Å². The number of cyclic esters (lactones) is 1. The molecule has 2 saturated heterocycles. The minimum atomic E-state index is -2.29. The molecule has 0 aromatic heterocycles. The maximum absolute atomic E-state index is 13.0. The van der Waals surface area contributed by atoms with Crippen LogP contribution in [0.3, 0.4) is 0 Å². The third-order valence-corrected chi connectivity index (χ3v) is 13.9. The van der Waals surface area contributed by atoms with Crippen molar-refractivity contribution in [2.75, 3.05) is 6.61 Å². The van der Waals surface area contributed by atoms with Gasteiger partial charge in [0.1, 0.15) is 12.6 Å². The fourth-order valence-electron chi connectivity index (χ4n) is 6.23. The van der Waals surface area contributed by atoms with Gasteiger partial charge in [0.15, 0.2) is 0 Å². The van der Waals surface area contributed by atoms with Gasteiger partial charge in [-0.25, -0.2) is 4.79 Å². The van der Waals surface area contributed by atoms with E-state index in [0.29, 0.717) is 16.6 Å². The molecule has 188 valence electrons. The molecule has 0 aliphatic carbocycles. The van der Waals surface area contributed by atoms with Crippen LogP contribution in [0.4, 0.5) is 4.79 Å². The van der Waals surface area contributed by atoms with Crippen LogP contribution in [0, 0.1) is 0 Å². The molecule has 4 rings (SSSR count). The van der Waals surface area contributed by atoms with E-state index in [1.165, 1.54) is 0 Å². The number of benzene rings is 2. The number of rotatable bonds is 9. The Morgan fingerprint density at radius 3 is 1.94 bits per heavy atom. The van der Waals surface area contributed by atoms with Crippen molar-refractivity contribution in [3.05, 3.63) is 71.8 Å². The molecule has 0 radical (unpaired) electrons. The molecule has 2 fully saturated rings. The Bertz CT molecular complexity index is 1010. The number of carbonyl (C=O) groups excluding carboxylic acids is 2. The van der Waals surface area contributed by atoms with Crippen molar-refractivity contribution < 1.29 is 18.8 Å². The van der Waals surface area contributed by atoms with Crippen LogP contribution in [-0.4, -0.2) is 43.9 Å². The summed E-state index contributed by atoms with van der Waals surface area (Å²) in [5, 5.41) is 3.11. The average molecular weight is 495 g/mol. The van der Waals surface area contributed by atoms with Gasteiger partial charge in [0.25, 0.3) is 0 Å². The summed E-state index contributed by atoms with van der Waals surface area (Å²) >= 11 is 0. The molecule has 4 atom stereocenters. The zero-order chi connectivity index (χ0) is 25.3. The zero-order valence-electron chi connectivity index (χ0n) is 21.6. The Labute approximate surface area is 210 Å². The highest BCUT2D eigenvalue weighted by Crippen LogP contribution is 2.47. The third-order valence-electron chi connectivity index (χ3n) is 7.81. The summed E-state index contributed by atoms with van der Waals surface area (Å²) in [5.74, 6) is -0.162. The van der Waals surface area contributed by atoms with Crippen molar-refractivity contribution in [1.29, 1.82) is 0 Å². The van der Waals surface area contributed by atoms with Gasteiger partial charge in [0.05, 0.1) is 18.2 Å². The summed E-state index contributed by atoms with van der Waals surface area (Å²) in [7, 11) is -2.29. The number of carbonyl (C=O) groups is 2. The van der Waals surface area contributed by atoms with E-state index in [1.807, 2.05) is 48.5 Å². The van der Waals surface area contributed by atoms with E-state index in [-0.39, 0.29) is 30.7 Å². The smallest absolute Gasteiger partial charge is 0.411 e. The molecule has 7 heteroatoms. The fraction of sp³-hybridized carbons (Fsp3) is 0.500. The molecule has 0 saturated carbocycles. The van der Waals surface area contributed by atoms with Crippen LogP contribution in [0.5, 0.6) is 0 Å². The van der Waals surface area contributed by atoms with Crippen molar-refractivity contribution in [3.8, 4) is 0 Å². The van der Waals surface area contributed by atoms with Crippen molar-refractivity contribution in [2.45, 2.75) is 82.4 Å². The summed E-state index contributed by atoms with van der Waals surface area (Å²) < 4.78 is 12.7. The van der Waals surface area contributed by atoms with Gasteiger partial charge in [-0.05, 0) is 27.8 Å². The molecule has 0 bridgehead atoms. The van der Waals surface area contributed by atoms with Crippen LogP contribution >= 0.6 is 0 Å². The Morgan fingerprint density at radius 2 is 1.43 bits per heavy atom. The van der Waals surface area contributed by atoms with E-state index in [2.05, 4.69) is 59.0 Å². The normalized spacial score (nSPS) is 23.5. The van der Waals surface area contributed by atoms with E-state index < -0.39 is 20.5 Å². The van der Waals surface area contributed by atoms with Crippen LogP contribution in [0.1, 0.15) is 64.8 Å². The van der Waals surface area contributed by atoms with Gasteiger partial charge in [0.2, 0.25) is 14.2 Å². The summed E-state index contributed by atoms with van der Waals surface area (Å²) in [5.41, 5.74) is 3.14. The maximum atomic E-state index is 13.0. The number of β-lactam (4-membered cyclic amide) rings is 1. The summed E-state index contributed by atoms with van der Waals surface area (Å²) in [4.78, 5) is 27.6.